The fourth-order valence-electron chi connectivity index (χ4n) is 2.45. The Hall–Kier alpha value is -3.09. The second-order valence-electron chi connectivity index (χ2n) is 5.83. The van der Waals surface area contributed by atoms with Gasteiger partial charge in [-0.3, -0.25) is 9.97 Å². The molecule has 1 heterocycles. The van der Waals surface area contributed by atoms with Crippen molar-refractivity contribution in [1.82, 2.24) is 9.97 Å². The monoisotopic (exact) mass is 372 g/mol. The highest BCUT2D eigenvalue weighted by Gasteiger charge is 2.12. The van der Waals surface area contributed by atoms with Crippen LogP contribution in [-0.2, 0) is 16.1 Å². The molecular formula is C20H24N2O5. The standard InChI is InChI=1S/C20H24N2O5/c1-12-13(2)22-16(14(3)21-12)11-27-19(23)8-7-15-9-17(24-4)20(26-6)18(10-15)25-5/h7-10H,11H2,1-6H3/b8-7+. The smallest absolute Gasteiger partial charge is 0.331 e. The zero-order valence-electron chi connectivity index (χ0n) is 16.5. The van der Waals surface area contributed by atoms with E-state index >= 15 is 0 Å². The van der Waals surface area contributed by atoms with Gasteiger partial charge in [-0.15, -0.1) is 0 Å². The van der Waals surface area contributed by atoms with Crippen LogP contribution in [0, 0.1) is 20.8 Å². The van der Waals surface area contributed by atoms with Crippen LogP contribution >= 0.6 is 0 Å². The van der Waals surface area contributed by atoms with E-state index in [1.54, 1.807) is 18.2 Å². The minimum atomic E-state index is -0.483. The van der Waals surface area contributed by atoms with E-state index in [0.717, 1.165) is 17.1 Å². The molecule has 0 aliphatic carbocycles. The molecule has 0 spiro atoms. The van der Waals surface area contributed by atoms with Crippen molar-refractivity contribution in [3.8, 4) is 17.2 Å². The number of rotatable bonds is 7. The van der Waals surface area contributed by atoms with Gasteiger partial charge in [-0.05, 0) is 44.5 Å². The van der Waals surface area contributed by atoms with Gasteiger partial charge in [0, 0.05) is 6.08 Å². The van der Waals surface area contributed by atoms with E-state index in [1.807, 2.05) is 20.8 Å². The molecule has 0 aliphatic heterocycles. The summed E-state index contributed by atoms with van der Waals surface area (Å²) in [5, 5.41) is 0. The third kappa shape index (κ3) is 4.97. The van der Waals surface area contributed by atoms with E-state index in [4.69, 9.17) is 18.9 Å². The number of hydrogen-bond acceptors (Lipinski definition) is 7. The van der Waals surface area contributed by atoms with Gasteiger partial charge in [-0.1, -0.05) is 0 Å². The summed E-state index contributed by atoms with van der Waals surface area (Å²) in [5.74, 6) is 1.02. The summed E-state index contributed by atoms with van der Waals surface area (Å²) >= 11 is 0. The molecule has 0 saturated carbocycles. The van der Waals surface area contributed by atoms with Crippen molar-refractivity contribution in [2.75, 3.05) is 21.3 Å². The van der Waals surface area contributed by atoms with Crippen molar-refractivity contribution in [2.24, 2.45) is 0 Å². The molecule has 27 heavy (non-hydrogen) atoms. The fraction of sp³-hybridized carbons (Fsp3) is 0.350. The van der Waals surface area contributed by atoms with Gasteiger partial charge in [-0.25, -0.2) is 4.79 Å². The molecule has 0 N–H and O–H groups in total. The van der Waals surface area contributed by atoms with Gasteiger partial charge in [-0.2, -0.15) is 0 Å². The van der Waals surface area contributed by atoms with E-state index in [0.29, 0.717) is 28.5 Å². The minimum absolute atomic E-state index is 0.0678. The van der Waals surface area contributed by atoms with E-state index in [1.165, 1.54) is 27.4 Å². The van der Waals surface area contributed by atoms with Gasteiger partial charge in [0.1, 0.15) is 6.61 Å². The summed E-state index contributed by atoms with van der Waals surface area (Å²) in [6.07, 6.45) is 2.95. The van der Waals surface area contributed by atoms with Gasteiger partial charge >= 0.3 is 5.97 Å². The van der Waals surface area contributed by atoms with Gasteiger partial charge in [0.05, 0.1) is 44.1 Å². The maximum Gasteiger partial charge on any atom is 0.331 e. The summed E-state index contributed by atoms with van der Waals surface area (Å²) in [7, 11) is 4.60. The lowest BCUT2D eigenvalue weighted by Crippen LogP contribution is -2.07. The van der Waals surface area contributed by atoms with E-state index < -0.39 is 5.97 Å². The predicted octanol–water partition coefficient (Wildman–Crippen LogP) is 3.18. The molecule has 0 saturated heterocycles. The number of methoxy groups -OCH3 is 3. The number of aryl methyl sites for hydroxylation is 3. The Morgan fingerprint density at radius 3 is 2.07 bits per heavy atom. The van der Waals surface area contributed by atoms with E-state index in [2.05, 4.69) is 9.97 Å². The average Bonchev–Trinajstić information content (AvgIpc) is 2.66. The maximum atomic E-state index is 12.0. The molecule has 2 rings (SSSR count). The van der Waals surface area contributed by atoms with Crippen LogP contribution in [0.4, 0.5) is 0 Å². The lowest BCUT2D eigenvalue weighted by molar-refractivity contribution is -0.139. The van der Waals surface area contributed by atoms with E-state index in [9.17, 15) is 4.79 Å². The number of carbonyl (C=O) groups is 1. The molecule has 7 nitrogen and oxygen atoms in total. The van der Waals surface area contributed by atoms with Crippen LogP contribution in [0.5, 0.6) is 17.2 Å². The highest BCUT2D eigenvalue weighted by atomic mass is 16.5. The largest absolute Gasteiger partial charge is 0.493 e. The molecule has 1 aromatic heterocycles. The Morgan fingerprint density at radius 1 is 0.926 bits per heavy atom. The van der Waals surface area contributed by atoms with Crippen LogP contribution in [0.15, 0.2) is 18.2 Å². The first-order valence-corrected chi connectivity index (χ1v) is 8.35. The normalized spacial score (nSPS) is 10.7. The number of benzene rings is 1. The van der Waals surface area contributed by atoms with Crippen LogP contribution in [0.25, 0.3) is 6.08 Å². The number of hydrogen-bond donors (Lipinski definition) is 0. The molecule has 2 aromatic rings. The molecule has 144 valence electrons. The number of carbonyl (C=O) groups excluding carboxylic acids is 1. The summed E-state index contributed by atoms with van der Waals surface area (Å²) in [5.41, 5.74) is 3.79. The van der Waals surface area contributed by atoms with Gasteiger partial charge in [0.25, 0.3) is 0 Å². The molecule has 7 heteroatoms. The quantitative estimate of drug-likeness (QED) is 0.545. The molecule has 0 unspecified atom stereocenters. The summed E-state index contributed by atoms with van der Waals surface area (Å²) in [4.78, 5) is 20.8. The van der Waals surface area contributed by atoms with E-state index in [-0.39, 0.29) is 6.61 Å². The van der Waals surface area contributed by atoms with Crippen LogP contribution in [0.3, 0.4) is 0 Å². The zero-order valence-corrected chi connectivity index (χ0v) is 16.5. The third-order valence-corrected chi connectivity index (χ3v) is 4.03. The molecular weight excluding hydrogens is 348 g/mol. The zero-order chi connectivity index (χ0) is 20.0. The lowest BCUT2D eigenvalue weighted by atomic mass is 10.1. The van der Waals surface area contributed by atoms with Crippen molar-refractivity contribution >= 4 is 12.0 Å². The number of aromatic nitrogens is 2. The molecule has 0 atom stereocenters. The first-order chi connectivity index (χ1) is 12.9. The van der Waals surface area contributed by atoms with Crippen LogP contribution in [0.2, 0.25) is 0 Å². The lowest BCUT2D eigenvalue weighted by Gasteiger charge is -2.12. The van der Waals surface area contributed by atoms with Crippen molar-refractivity contribution in [3.63, 3.8) is 0 Å². The molecule has 0 aliphatic rings. The Kier molecular flexibility index (Phi) is 6.76. The highest BCUT2D eigenvalue weighted by Crippen LogP contribution is 2.38. The Morgan fingerprint density at radius 2 is 1.52 bits per heavy atom. The second kappa shape index (κ2) is 9.02. The average molecular weight is 372 g/mol. The summed E-state index contributed by atoms with van der Waals surface area (Å²) < 4.78 is 21.1. The van der Waals surface area contributed by atoms with Crippen LogP contribution < -0.4 is 14.2 Å². The van der Waals surface area contributed by atoms with Gasteiger partial charge < -0.3 is 18.9 Å². The van der Waals surface area contributed by atoms with Crippen LogP contribution in [0.1, 0.15) is 28.3 Å². The van der Waals surface area contributed by atoms with Crippen LogP contribution in [-0.4, -0.2) is 37.3 Å². The number of ether oxygens (including phenoxy) is 4. The molecule has 0 bridgehead atoms. The Bertz CT molecular complexity index is 837. The molecule has 0 amide bonds. The molecule has 0 radical (unpaired) electrons. The van der Waals surface area contributed by atoms with Crippen molar-refractivity contribution < 1.29 is 23.7 Å². The van der Waals surface area contributed by atoms with Crippen molar-refractivity contribution in [1.29, 1.82) is 0 Å². The summed E-state index contributed by atoms with van der Waals surface area (Å²) in [6, 6.07) is 3.48. The third-order valence-electron chi connectivity index (χ3n) is 4.03. The van der Waals surface area contributed by atoms with Gasteiger partial charge in [0.15, 0.2) is 11.5 Å². The Balaban J connectivity index is 2.10. The number of esters is 1. The highest BCUT2D eigenvalue weighted by molar-refractivity contribution is 5.87. The summed E-state index contributed by atoms with van der Waals surface area (Å²) in [6.45, 7) is 5.68. The topological polar surface area (TPSA) is 79.8 Å². The fourth-order valence-corrected chi connectivity index (χ4v) is 2.45. The minimum Gasteiger partial charge on any atom is -0.493 e. The van der Waals surface area contributed by atoms with Crippen molar-refractivity contribution in [2.45, 2.75) is 27.4 Å². The number of nitrogens with zero attached hydrogens (tertiary/aromatic N) is 2. The Labute approximate surface area is 159 Å². The second-order valence-corrected chi connectivity index (χ2v) is 5.83. The van der Waals surface area contributed by atoms with Gasteiger partial charge in [0.2, 0.25) is 5.75 Å². The first-order valence-electron chi connectivity index (χ1n) is 8.35. The van der Waals surface area contributed by atoms with Crippen molar-refractivity contribution in [3.05, 3.63) is 46.5 Å². The SMILES string of the molecule is COc1cc(/C=C/C(=O)OCc2nc(C)c(C)nc2C)cc(OC)c1OC. The molecule has 0 fully saturated rings. The predicted molar refractivity (Wildman–Crippen MR) is 101 cm³/mol. The molecule has 1 aromatic carbocycles. The maximum absolute atomic E-state index is 12.0. The first kappa shape index (κ1) is 20.2.